The maximum atomic E-state index is 6.06. The standard InChI is InChI=1S/C9H21N3.CH5N3/c1-6-7-8-12(5)9(10-2)11(3)4;2-1(3)4/h6-8H2,1-5H3;(H5,2,3,4). The summed E-state index contributed by atoms with van der Waals surface area (Å²) in [6.45, 7) is 3.29. The molecule has 6 heteroatoms. The quantitative estimate of drug-likeness (QED) is 0.473. The first-order chi connectivity index (χ1) is 7.36. The second kappa shape index (κ2) is 10.1. The Morgan fingerprint density at radius 3 is 1.94 bits per heavy atom. The van der Waals surface area contributed by atoms with Gasteiger partial charge in [0.25, 0.3) is 0 Å². The zero-order valence-corrected chi connectivity index (χ0v) is 11.1. The van der Waals surface area contributed by atoms with E-state index in [0.717, 1.165) is 12.5 Å². The van der Waals surface area contributed by atoms with Gasteiger partial charge in [-0.15, -0.1) is 0 Å². The van der Waals surface area contributed by atoms with Crippen molar-refractivity contribution >= 4 is 11.9 Å². The first kappa shape index (κ1) is 17.0. The predicted molar refractivity (Wildman–Crippen MR) is 70.7 cm³/mol. The summed E-state index contributed by atoms with van der Waals surface area (Å²) in [6, 6.07) is 0. The Hall–Kier alpha value is -1.46. The van der Waals surface area contributed by atoms with Gasteiger partial charge in [0.05, 0.1) is 0 Å². The predicted octanol–water partition coefficient (Wildman–Crippen LogP) is 0.104. The highest BCUT2D eigenvalue weighted by molar-refractivity contribution is 5.79. The minimum atomic E-state index is -0.333. The zero-order chi connectivity index (χ0) is 13.1. The van der Waals surface area contributed by atoms with Gasteiger partial charge in [-0.2, -0.15) is 0 Å². The van der Waals surface area contributed by atoms with Crippen molar-refractivity contribution in [3.05, 3.63) is 0 Å². The fourth-order valence-corrected chi connectivity index (χ4v) is 1.21. The molecule has 0 bridgehead atoms. The Bertz CT molecular complexity index is 207. The van der Waals surface area contributed by atoms with Gasteiger partial charge in [0.2, 0.25) is 0 Å². The fourth-order valence-electron chi connectivity index (χ4n) is 1.21. The van der Waals surface area contributed by atoms with E-state index in [0.29, 0.717) is 0 Å². The lowest BCUT2D eigenvalue weighted by Crippen LogP contribution is -2.38. The number of nitrogens with two attached hydrogens (primary N) is 2. The van der Waals surface area contributed by atoms with Gasteiger partial charge in [-0.1, -0.05) is 13.3 Å². The second-order valence-corrected chi connectivity index (χ2v) is 3.65. The maximum absolute atomic E-state index is 6.06. The van der Waals surface area contributed by atoms with E-state index in [1.54, 1.807) is 0 Å². The molecule has 5 N–H and O–H groups in total. The molecule has 0 aliphatic rings. The van der Waals surface area contributed by atoms with E-state index in [9.17, 15) is 0 Å². The number of aliphatic imine (C=N–C) groups is 1. The third-order valence-corrected chi connectivity index (χ3v) is 1.79. The molecule has 0 saturated heterocycles. The molecule has 6 nitrogen and oxygen atoms in total. The van der Waals surface area contributed by atoms with Crippen LogP contribution in [0.5, 0.6) is 0 Å². The summed E-state index contributed by atoms with van der Waals surface area (Å²) in [5.74, 6) is 0.712. The van der Waals surface area contributed by atoms with Crippen LogP contribution >= 0.6 is 0 Å². The molecule has 0 rings (SSSR count). The molecular weight excluding hydrogens is 204 g/mol. The van der Waals surface area contributed by atoms with E-state index >= 15 is 0 Å². The normalized spacial score (nSPS) is 10.2. The van der Waals surface area contributed by atoms with E-state index in [-0.39, 0.29) is 5.96 Å². The van der Waals surface area contributed by atoms with Crippen molar-refractivity contribution < 1.29 is 0 Å². The molecule has 16 heavy (non-hydrogen) atoms. The summed E-state index contributed by atoms with van der Waals surface area (Å²) in [6.07, 6.45) is 2.46. The number of unbranched alkanes of at least 4 members (excludes halogenated alkanes) is 1. The van der Waals surface area contributed by atoms with Gasteiger partial charge >= 0.3 is 0 Å². The SMILES string of the molecule is CCCCN(C)C(=NC)N(C)C.N=C(N)N. The molecule has 0 saturated carbocycles. The van der Waals surface area contributed by atoms with E-state index < -0.39 is 0 Å². The van der Waals surface area contributed by atoms with Crippen molar-refractivity contribution in [3.63, 3.8) is 0 Å². The van der Waals surface area contributed by atoms with Crippen LogP contribution in [0.4, 0.5) is 0 Å². The van der Waals surface area contributed by atoms with Crippen molar-refractivity contribution in [1.29, 1.82) is 5.41 Å². The minimum absolute atomic E-state index is 0.333. The average Bonchev–Trinajstić information content (AvgIpc) is 2.14. The van der Waals surface area contributed by atoms with Crippen LogP contribution in [0.1, 0.15) is 19.8 Å². The topological polar surface area (TPSA) is 94.7 Å². The molecule has 0 unspecified atom stereocenters. The van der Waals surface area contributed by atoms with Gasteiger partial charge < -0.3 is 21.3 Å². The number of nitrogens with one attached hydrogen (secondary N) is 1. The van der Waals surface area contributed by atoms with Crippen LogP contribution in [-0.4, -0.2) is 56.5 Å². The van der Waals surface area contributed by atoms with Crippen LogP contribution in [0.15, 0.2) is 4.99 Å². The molecule has 0 amide bonds. The molecular formula is C10H26N6. The van der Waals surface area contributed by atoms with Crippen LogP contribution < -0.4 is 11.5 Å². The monoisotopic (exact) mass is 230 g/mol. The van der Waals surface area contributed by atoms with Crippen molar-refractivity contribution in [1.82, 2.24) is 9.80 Å². The number of hydrogen-bond donors (Lipinski definition) is 3. The van der Waals surface area contributed by atoms with Crippen molar-refractivity contribution in [3.8, 4) is 0 Å². The zero-order valence-electron chi connectivity index (χ0n) is 11.1. The molecule has 0 aromatic heterocycles. The Morgan fingerprint density at radius 2 is 1.69 bits per heavy atom. The van der Waals surface area contributed by atoms with Crippen molar-refractivity contribution in [2.45, 2.75) is 19.8 Å². The largest absolute Gasteiger partial charge is 0.370 e. The molecule has 0 aromatic rings. The Balaban J connectivity index is 0. The molecule has 0 radical (unpaired) electrons. The molecule has 0 spiro atoms. The van der Waals surface area contributed by atoms with Crippen molar-refractivity contribution in [2.24, 2.45) is 16.5 Å². The summed E-state index contributed by atoms with van der Waals surface area (Å²) < 4.78 is 0. The number of nitrogens with zero attached hydrogens (tertiary/aromatic N) is 3. The lowest BCUT2D eigenvalue weighted by molar-refractivity contribution is 0.414. The highest BCUT2D eigenvalue weighted by Crippen LogP contribution is 1.95. The number of hydrogen-bond acceptors (Lipinski definition) is 2. The van der Waals surface area contributed by atoms with Gasteiger partial charge in [0.15, 0.2) is 11.9 Å². The van der Waals surface area contributed by atoms with Gasteiger partial charge in [-0.25, -0.2) is 0 Å². The molecule has 96 valence electrons. The van der Waals surface area contributed by atoms with Crippen LogP contribution in [0.25, 0.3) is 0 Å². The summed E-state index contributed by atoms with van der Waals surface area (Å²) in [5.41, 5.74) is 8.94. The highest BCUT2D eigenvalue weighted by atomic mass is 15.3. The lowest BCUT2D eigenvalue weighted by Gasteiger charge is -2.25. The average molecular weight is 230 g/mol. The van der Waals surface area contributed by atoms with E-state index in [4.69, 9.17) is 5.41 Å². The smallest absolute Gasteiger partial charge is 0.195 e. The van der Waals surface area contributed by atoms with Gasteiger partial charge in [-0.3, -0.25) is 10.4 Å². The van der Waals surface area contributed by atoms with Gasteiger partial charge in [-0.05, 0) is 6.42 Å². The Morgan fingerprint density at radius 1 is 1.25 bits per heavy atom. The van der Waals surface area contributed by atoms with Crippen molar-refractivity contribution in [2.75, 3.05) is 34.7 Å². The Labute approximate surface area is 98.8 Å². The molecule has 0 aromatic carbocycles. The Kier molecular flexibility index (Phi) is 10.7. The van der Waals surface area contributed by atoms with Crippen LogP contribution in [0.3, 0.4) is 0 Å². The fraction of sp³-hybridized carbons (Fsp3) is 0.800. The third-order valence-electron chi connectivity index (χ3n) is 1.79. The number of rotatable bonds is 3. The third kappa shape index (κ3) is 10.6. The summed E-state index contributed by atoms with van der Waals surface area (Å²) in [5, 5.41) is 6.06. The van der Waals surface area contributed by atoms with E-state index in [1.165, 1.54) is 12.8 Å². The highest BCUT2D eigenvalue weighted by Gasteiger charge is 2.05. The molecule has 0 atom stereocenters. The van der Waals surface area contributed by atoms with E-state index in [2.05, 4.69) is 35.3 Å². The van der Waals surface area contributed by atoms with Crippen LogP contribution in [-0.2, 0) is 0 Å². The van der Waals surface area contributed by atoms with Gasteiger partial charge in [0.1, 0.15) is 0 Å². The first-order valence-electron chi connectivity index (χ1n) is 5.31. The summed E-state index contributed by atoms with van der Waals surface area (Å²) in [7, 11) is 7.95. The molecule has 0 fully saturated rings. The minimum Gasteiger partial charge on any atom is -0.370 e. The number of guanidine groups is 2. The molecule has 0 aliphatic carbocycles. The van der Waals surface area contributed by atoms with E-state index in [1.807, 2.05) is 26.0 Å². The van der Waals surface area contributed by atoms with Gasteiger partial charge in [0, 0.05) is 34.7 Å². The van der Waals surface area contributed by atoms with Crippen LogP contribution in [0.2, 0.25) is 0 Å². The summed E-state index contributed by atoms with van der Waals surface area (Å²) in [4.78, 5) is 8.43. The molecule has 0 aliphatic heterocycles. The molecule has 0 heterocycles. The summed E-state index contributed by atoms with van der Waals surface area (Å²) >= 11 is 0. The van der Waals surface area contributed by atoms with Crippen LogP contribution in [0, 0.1) is 5.41 Å². The maximum Gasteiger partial charge on any atom is 0.195 e. The lowest BCUT2D eigenvalue weighted by atomic mass is 10.3. The second-order valence-electron chi connectivity index (χ2n) is 3.65. The first-order valence-corrected chi connectivity index (χ1v) is 5.31.